The number of anilines is 1. The molecular weight excluding hydrogens is 398 g/mol. The number of nitrogens with one attached hydrogen (secondary N) is 1. The van der Waals surface area contributed by atoms with Crippen LogP contribution in [0.2, 0.25) is 5.02 Å². The van der Waals surface area contributed by atoms with Crippen LogP contribution in [0.4, 0.5) is 5.13 Å². The summed E-state index contributed by atoms with van der Waals surface area (Å²) in [6.07, 6.45) is 1.28. The third kappa shape index (κ3) is 4.96. The molecular formula is C20H26ClN3O3S. The zero-order chi connectivity index (χ0) is 20.3. The maximum atomic E-state index is 12.6. The van der Waals surface area contributed by atoms with Gasteiger partial charge in [0.1, 0.15) is 0 Å². The molecule has 1 aliphatic heterocycles. The first-order valence-corrected chi connectivity index (χ1v) is 10.5. The van der Waals surface area contributed by atoms with Crippen LogP contribution in [0, 0.1) is 11.8 Å². The molecule has 3 rings (SSSR count). The number of hydrogen-bond acceptors (Lipinski definition) is 6. The summed E-state index contributed by atoms with van der Waals surface area (Å²) in [6, 6.07) is 3.16. The molecule has 0 radical (unpaired) electrons. The van der Waals surface area contributed by atoms with Gasteiger partial charge in [-0.3, -0.25) is 15.0 Å². The Balaban J connectivity index is 1.66. The molecule has 152 valence electrons. The van der Waals surface area contributed by atoms with Crippen molar-refractivity contribution < 1.29 is 14.3 Å². The van der Waals surface area contributed by atoms with Crippen molar-refractivity contribution in [2.24, 2.45) is 11.8 Å². The average Bonchev–Trinajstić information content (AvgIpc) is 3.06. The van der Waals surface area contributed by atoms with E-state index in [0.29, 0.717) is 39.1 Å². The summed E-state index contributed by atoms with van der Waals surface area (Å²) < 4.78 is 10.5. The SMILES string of the molecule is COc1cc(C(=O)Nc2nc(CN3C[C@@H](C)C[C@H](C)C3)cs2)cc(Cl)c1OC. The number of ether oxygens (including phenoxy) is 2. The number of carbonyl (C=O) groups excluding carboxylic acids is 1. The van der Waals surface area contributed by atoms with Gasteiger partial charge < -0.3 is 9.47 Å². The first-order chi connectivity index (χ1) is 13.4. The Hall–Kier alpha value is -1.83. The van der Waals surface area contributed by atoms with E-state index in [2.05, 4.69) is 29.0 Å². The molecule has 0 spiro atoms. The number of rotatable bonds is 6. The van der Waals surface area contributed by atoms with Crippen molar-refractivity contribution in [3.05, 3.63) is 33.8 Å². The standard InChI is InChI=1S/C20H26ClN3O3S/c1-12-5-13(2)9-24(8-12)10-15-11-28-20(22-15)23-19(25)14-6-16(21)18(27-4)17(7-14)26-3/h6-7,11-13H,5,8-10H2,1-4H3,(H,22,23,25)/t12-,13-/m0/s1. The molecule has 1 amide bonds. The quantitative estimate of drug-likeness (QED) is 0.738. The van der Waals surface area contributed by atoms with E-state index in [1.54, 1.807) is 12.1 Å². The summed E-state index contributed by atoms with van der Waals surface area (Å²) in [6.45, 7) is 7.58. The van der Waals surface area contributed by atoms with Crippen molar-refractivity contribution in [1.82, 2.24) is 9.88 Å². The first-order valence-electron chi connectivity index (χ1n) is 9.29. The number of halogens is 1. The van der Waals surface area contributed by atoms with Crippen LogP contribution in [0.3, 0.4) is 0 Å². The largest absolute Gasteiger partial charge is 0.493 e. The Kier molecular flexibility index (Phi) is 6.80. The van der Waals surface area contributed by atoms with Gasteiger partial charge in [-0.2, -0.15) is 0 Å². The molecule has 6 nitrogen and oxygen atoms in total. The first kappa shape index (κ1) is 20.9. The van der Waals surface area contributed by atoms with Gasteiger partial charge in [-0.1, -0.05) is 25.4 Å². The van der Waals surface area contributed by atoms with E-state index in [1.165, 1.54) is 32.0 Å². The summed E-state index contributed by atoms with van der Waals surface area (Å²) in [5, 5.41) is 5.74. The smallest absolute Gasteiger partial charge is 0.257 e. The number of amides is 1. The Bertz CT molecular complexity index is 832. The molecule has 0 saturated carbocycles. The molecule has 1 N–H and O–H groups in total. The highest BCUT2D eigenvalue weighted by atomic mass is 35.5. The average molecular weight is 424 g/mol. The molecule has 0 unspecified atom stereocenters. The minimum absolute atomic E-state index is 0.288. The molecule has 0 aliphatic carbocycles. The van der Waals surface area contributed by atoms with E-state index in [9.17, 15) is 4.79 Å². The van der Waals surface area contributed by atoms with Crippen LogP contribution in [0.15, 0.2) is 17.5 Å². The van der Waals surface area contributed by atoms with Crippen molar-refractivity contribution in [3.8, 4) is 11.5 Å². The number of nitrogens with zero attached hydrogens (tertiary/aromatic N) is 2. The van der Waals surface area contributed by atoms with Crippen molar-refractivity contribution >= 4 is 34.0 Å². The van der Waals surface area contributed by atoms with Gasteiger partial charge in [-0.15, -0.1) is 11.3 Å². The van der Waals surface area contributed by atoms with Crippen molar-refractivity contribution in [1.29, 1.82) is 0 Å². The fourth-order valence-corrected chi connectivity index (χ4v) is 4.79. The molecule has 2 heterocycles. The van der Waals surface area contributed by atoms with E-state index < -0.39 is 0 Å². The zero-order valence-corrected chi connectivity index (χ0v) is 18.2. The van der Waals surface area contributed by atoms with E-state index in [-0.39, 0.29) is 5.91 Å². The molecule has 0 bridgehead atoms. The molecule has 28 heavy (non-hydrogen) atoms. The molecule has 2 aromatic rings. The number of methoxy groups -OCH3 is 2. The molecule has 1 aliphatic rings. The van der Waals surface area contributed by atoms with Crippen LogP contribution in [0.25, 0.3) is 0 Å². The highest BCUT2D eigenvalue weighted by molar-refractivity contribution is 7.14. The minimum Gasteiger partial charge on any atom is -0.493 e. The highest BCUT2D eigenvalue weighted by Gasteiger charge is 2.22. The van der Waals surface area contributed by atoms with Crippen LogP contribution in [0.5, 0.6) is 11.5 Å². The normalized spacial score (nSPS) is 20.0. The van der Waals surface area contributed by atoms with Gasteiger partial charge in [0.2, 0.25) is 0 Å². The molecule has 1 aromatic heterocycles. The van der Waals surface area contributed by atoms with Gasteiger partial charge in [0, 0.05) is 30.6 Å². The molecule has 2 atom stereocenters. The number of thiazole rings is 1. The van der Waals surface area contributed by atoms with Crippen LogP contribution in [0.1, 0.15) is 36.3 Å². The predicted molar refractivity (Wildman–Crippen MR) is 113 cm³/mol. The van der Waals surface area contributed by atoms with E-state index in [1.807, 2.05) is 5.38 Å². The molecule has 1 fully saturated rings. The lowest BCUT2D eigenvalue weighted by molar-refractivity contribution is 0.102. The lowest BCUT2D eigenvalue weighted by atomic mass is 9.92. The van der Waals surface area contributed by atoms with Gasteiger partial charge >= 0.3 is 0 Å². The van der Waals surface area contributed by atoms with Gasteiger partial charge in [0.15, 0.2) is 16.6 Å². The topological polar surface area (TPSA) is 63.7 Å². The second-order valence-electron chi connectivity index (χ2n) is 7.43. The fraction of sp³-hybridized carbons (Fsp3) is 0.500. The van der Waals surface area contributed by atoms with Gasteiger partial charge in [-0.25, -0.2) is 4.98 Å². The summed E-state index contributed by atoms with van der Waals surface area (Å²) in [5.41, 5.74) is 1.37. The lowest BCUT2D eigenvalue weighted by Crippen LogP contribution is -2.38. The number of benzene rings is 1. The van der Waals surface area contributed by atoms with E-state index in [4.69, 9.17) is 21.1 Å². The van der Waals surface area contributed by atoms with Crippen molar-refractivity contribution in [3.63, 3.8) is 0 Å². The Morgan fingerprint density at radius 3 is 2.64 bits per heavy atom. The number of carbonyl (C=O) groups is 1. The number of likely N-dealkylation sites (tertiary alicyclic amines) is 1. The second kappa shape index (κ2) is 9.11. The third-order valence-corrected chi connectivity index (χ3v) is 5.89. The molecule has 1 saturated heterocycles. The molecule has 8 heteroatoms. The van der Waals surface area contributed by atoms with Crippen LogP contribution < -0.4 is 14.8 Å². The van der Waals surface area contributed by atoms with Gasteiger partial charge in [0.05, 0.1) is 24.9 Å². The van der Waals surface area contributed by atoms with Crippen molar-refractivity contribution in [2.75, 3.05) is 32.6 Å². The summed E-state index contributed by atoms with van der Waals surface area (Å²) in [5.74, 6) is 1.94. The number of piperidine rings is 1. The maximum absolute atomic E-state index is 12.6. The minimum atomic E-state index is -0.288. The van der Waals surface area contributed by atoms with E-state index in [0.717, 1.165) is 25.3 Å². The fourth-order valence-electron chi connectivity index (χ4n) is 3.81. The maximum Gasteiger partial charge on any atom is 0.257 e. The number of hydrogen-bond donors (Lipinski definition) is 1. The van der Waals surface area contributed by atoms with Crippen LogP contribution >= 0.6 is 22.9 Å². The van der Waals surface area contributed by atoms with Gasteiger partial charge in [0.25, 0.3) is 5.91 Å². The predicted octanol–water partition coefficient (Wildman–Crippen LogP) is 4.54. The lowest BCUT2D eigenvalue weighted by Gasteiger charge is -2.34. The zero-order valence-electron chi connectivity index (χ0n) is 16.6. The number of aromatic nitrogens is 1. The summed E-state index contributed by atoms with van der Waals surface area (Å²) in [7, 11) is 3.01. The van der Waals surface area contributed by atoms with Crippen LogP contribution in [-0.2, 0) is 6.54 Å². The van der Waals surface area contributed by atoms with Crippen molar-refractivity contribution in [2.45, 2.75) is 26.8 Å². The second-order valence-corrected chi connectivity index (χ2v) is 8.70. The van der Waals surface area contributed by atoms with E-state index >= 15 is 0 Å². The highest BCUT2D eigenvalue weighted by Crippen LogP contribution is 2.36. The van der Waals surface area contributed by atoms with Crippen LogP contribution in [-0.4, -0.2) is 43.1 Å². The van der Waals surface area contributed by atoms with Gasteiger partial charge in [-0.05, 0) is 30.4 Å². The Morgan fingerprint density at radius 1 is 1.29 bits per heavy atom. The monoisotopic (exact) mass is 423 g/mol. The Labute approximate surface area is 174 Å². The summed E-state index contributed by atoms with van der Waals surface area (Å²) in [4.78, 5) is 19.6. The third-order valence-electron chi connectivity index (χ3n) is 4.80. The Morgan fingerprint density at radius 2 is 2.00 bits per heavy atom. The summed E-state index contributed by atoms with van der Waals surface area (Å²) >= 11 is 7.62. The molecule has 1 aromatic carbocycles.